The molecule has 1 aliphatic carbocycles. The second kappa shape index (κ2) is 8.41. The molecule has 7 heteroatoms. The molecule has 0 radical (unpaired) electrons. The molecule has 0 saturated heterocycles. The largest absolute Gasteiger partial charge is 0.497 e. The third kappa shape index (κ3) is 4.00. The minimum Gasteiger partial charge on any atom is -0.497 e. The fourth-order valence-corrected chi connectivity index (χ4v) is 4.18. The number of nitrogens with one attached hydrogen (secondary N) is 1. The van der Waals surface area contributed by atoms with Gasteiger partial charge in [-0.2, -0.15) is 0 Å². The molecular formula is C24H27N3O4. The Labute approximate surface area is 182 Å². The number of ether oxygens (including phenoxy) is 2. The van der Waals surface area contributed by atoms with Gasteiger partial charge in [0.2, 0.25) is 11.8 Å². The van der Waals surface area contributed by atoms with E-state index in [-0.39, 0.29) is 24.3 Å². The van der Waals surface area contributed by atoms with Crippen molar-refractivity contribution in [2.75, 3.05) is 31.0 Å². The second-order valence-electron chi connectivity index (χ2n) is 8.01. The highest BCUT2D eigenvalue weighted by Gasteiger charge is 2.37. The van der Waals surface area contributed by atoms with E-state index in [1.165, 1.54) is 7.11 Å². The van der Waals surface area contributed by atoms with E-state index in [0.717, 1.165) is 41.8 Å². The van der Waals surface area contributed by atoms with E-state index >= 15 is 0 Å². The smallest absolute Gasteiger partial charge is 0.244 e. The van der Waals surface area contributed by atoms with Crippen LogP contribution in [0.2, 0.25) is 0 Å². The van der Waals surface area contributed by atoms with Crippen LogP contribution in [0.4, 0.5) is 17.1 Å². The van der Waals surface area contributed by atoms with E-state index in [2.05, 4.69) is 5.32 Å². The fraction of sp³-hybridized carbons (Fsp3) is 0.375. The number of carbonyl (C=O) groups is 2. The van der Waals surface area contributed by atoms with Gasteiger partial charge in [0.15, 0.2) is 0 Å². The molecule has 1 atom stereocenters. The van der Waals surface area contributed by atoms with Crippen molar-refractivity contribution in [2.45, 2.75) is 33.1 Å². The maximum Gasteiger partial charge on any atom is 0.244 e. The fourth-order valence-electron chi connectivity index (χ4n) is 4.18. The minimum absolute atomic E-state index is 0.0601. The van der Waals surface area contributed by atoms with Crippen molar-refractivity contribution in [3.05, 3.63) is 41.5 Å². The Bertz CT molecular complexity index is 1080. The van der Waals surface area contributed by atoms with E-state index in [0.29, 0.717) is 22.9 Å². The van der Waals surface area contributed by atoms with Gasteiger partial charge in [-0.3, -0.25) is 14.6 Å². The summed E-state index contributed by atoms with van der Waals surface area (Å²) in [5.41, 5.74) is 5.06. The first-order valence-electron chi connectivity index (χ1n) is 10.4. The van der Waals surface area contributed by atoms with Gasteiger partial charge in [-0.15, -0.1) is 0 Å². The summed E-state index contributed by atoms with van der Waals surface area (Å²) in [5.74, 6) is 0.500. The van der Waals surface area contributed by atoms with Gasteiger partial charge in [0.05, 0.1) is 37.2 Å². The molecule has 1 aliphatic heterocycles. The van der Waals surface area contributed by atoms with Crippen LogP contribution in [0.3, 0.4) is 0 Å². The van der Waals surface area contributed by atoms with Crippen molar-refractivity contribution in [3.63, 3.8) is 0 Å². The predicted octanol–water partition coefficient (Wildman–Crippen LogP) is 4.18. The summed E-state index contributed by atoms with van der Waals surface area (Å²) in [6.07, 6.45) is 2.54. The Morgan fingerprint density at radius 1 is 1.16 bits per heavy atom. The Balaban J connectivity index is 1.64. The molecule has 2 amide bonds. The van der Waals surface area contributed by atoms with Gasteiger partial charge < -0.3 is 19.7 Å². The Morgan fingerprint density at radius 2 is 1.94 bits per heavy atom. The minimum atomic E-state index is -0.303. The van der Waals surface area contributed by atoms with Crippen LogP contribution in [-0.4, -0.2) is 38.3 Å². The number of carbonyl (C=O) groups excluding carboxylic acids is 2. The molecule has 2 aromatic rings. The van der Waals surface area contributed by atoms with Crippen LogP contribution >= 0.6 is 0 Å². The first-order valence-corrected chi connectivity index (χ1v) is 10.4. The molecule has 1 fully saturated rings. The number of methoxy groups -OCH3 is 2. The molecule has 1 N–H and O–H groups in total. The van der Waals surface area contributed by atoms with Crippen molar-refractivity contribution in [2.24, 2.45) is 10.9 Å². The molecule has 4 rings (SSSR count). The maximum atomic E-state index is 13.4. The average molecular weight is 421 g/mol. The van der Waals surface area contributed by atoms with Gasteiger partial charge >= 0.3 is 0 Å². The highest BCUT2D eigenvalue weighted by molar-refractivity contribution is 6.17. The predicted molar refractivity (Wildman–Crippen MR) is 121 cm³/mol. The van der Waals surface area contributed by atoms with E-state index in [9.17, 15) is 9.59 Å². The molecule has 31 heavy (non-hydrogen) atoms. The van der Waals surface area contributed by atoms with E-state index in [1.807, 2.05) is 26.0 Å². The Kier molecular flexibility index (Phi) is 5.67. The van der Waals surface area contributed by atoms with Gasteiger partial charge in [-0.1, -0.05) is 0 Å². The number of anilines is 2. The van der Waals surface area contributed by atoms with Crippen molar-refractivity contribution in [1.82, 2.24) is 0 Å². The van der Waals surface area contributed by atoms with Crippen molar-refractivity contribution < 1.29 is 19.1 Å². The van der Waals surface area contributed by atoms with Gasteiger partial charge in [0.1, 0.15) is 18.0 Å². The van der Waals surface area contributed by atoms with Crippen LogP contribution in [0.5, 0.6) is 11.5 Å². The summed E-state index contributed by atoms with van der Waals surface area (Å²) < 4.78 is 10.6. The molecule has 1 saturated carbocycles. The quantitative estimate of drug-likeness (QED) is 0.785. The second-order valence-corrected chi connectivity index (χ2v) is 8.01. The number of aryl methyl sites for hydroxylation is 2. The van der Waals surface area contributed by atoms with Crippen LogP contribution in [0.25, 0.3) is 0 Å². The molecule has 1 heterocycles. The lowest BCUT2D eigenvalue weighted by Gasteiger charge is -2.25. The lowest BCUT2D eigenvalue weighted by Crippen LogP contribution is -2.42. The van der Waals surface area contributed by atoms with E-state index in [1.54, 1.807) is 30.2 Å². The normalized spacial score (nSPS) is 17.4. The zero-order valence-corrected chi connectivity index (χ0v) is 18.3. The molecule has 0 bridgehead atoms. The van der Waals surface area contributed by atoms with Crippen molar-refractivity contribution in [3.8, 4) is 11.5 Å². The van der Waals surface area contributed by atoms with Crippen LogP contribution in [0, 0.1) is 19.8 Å². The highest BCUT2D eigenvalue weighted by Crippen LogP contribution is 2.39. The van der Waals surface area contributed by atoms with E-state index < -0.39 is 0 Å². The number of nitrogens with zero attached hydrogens (tertiary/aromatic N) is 2. The van der Waals surface area contributed by atoms with Crippen LogP contribution in [-0.2, 0) is 9.59 Å². The molecule has 7 nitrogen and oxygen atoms in total. The Morgan fingerprint density at radius 3 is 2.68 bits per heavy atom. The van der Waals surface area contributed by atoms with Gasteiger partial charge in [-0.25, -0.2) is 0 Å². The zero-order valence-electron chi connectivity index (χ0n) is 18.3. The van der Waals surface area contributed by atoms with Gasteiger partial charge in [-0.05, 0) is 68.5 Å². The summed E-state index contributed by atoms with van der Waals surface area (Å²) in [7, 11) is 3.10. The molecule has 2 aliphatic rings. The number of hydrogen-bond donors (Lipinski definition) is 1. The first kappa shape index (κ1) is 20.9. The van der Waals surface area contributed by atoms with Crippen LogP contribution in [0.1, 0.15) is 30.4 Å². The maximum absolute atomic E-state index is 13.4. The third-order valence-electron chi connectivity index (χ3n) is 6.02. The zero-order chi connectivity index (χ0) is 22.1. The number of aliphatic imine (C=N–C) groups is 1. The number of hydrogen-bond acceptors (Lipinski definition) is 5. The van der Waals surface area contributed by atoms with Crippen LogP contribution in [0.15, 0.2) is 35.3 Å². The summed E-state index contributed by atoms with van der Waals surface area (Å²) in [5, 5.41) is 2.87. The summed E-state index contributed by atoms with van der Waals surface area (Å²) in [4.78, 5) is 32.8. The molecule has 0 aromatic heterocycles. The topological polar surface area (TPSA) is 80.2 Å². The Hall–Kier alpha value is -3.35. The molecular weight excluding hydrogens is 394 g/mol. The number of fused-ring (bicyclic) bond motifs is 2. The first-order chi connectivity index (χ1) is 14.9. The third-order valence-corrected chi connectivity index (χ3v) is 6.02. The SMILES string of the molecule is COc1ccc(NC(=O)CN2C(=O)[C@H]3CCCC3=Nc3cc(C)c(C)cc32)c(OC)c1. The lowest BCUT2D eigenvalue weighted by atomic mass is 10.0. The standard InChI is InChI=1S/C24H27N3O4/c1-14-10-20-21(11-15(14)2)27(24(29)17-6-5-7-18(17)25-20)13-23(28)26-19-9-8-16(30-3)12-22(19)31-4/h8-12,17H,5-7,13H2,1-4H3,(H,26,28)/t17-/m0/s1. The van der Waals surface area contributed by atoms with Gasteiger partial charge in [0.25, 0.3) is 0 Å². The van der Waals surface area contributed by atoms with Crippen molar-refractivity contribution >= 4 is 34.6 Å². The van der Waals surface area contributed by atoms with Crippen LogP contribution < -0.4 is 19.7 Å². The monoisotopic (exact) mass is 421 g/mol. The summed E-state index contributed by atoms with van der Waals surface area (Å²) in [6, 6.07) is 9.12. The molecule has 2 aromatic carbocycles. The highest BCUT2D eigenvalue weighted by atomic mass is 16.5. The summed E-state index contributed by atoms with van der Waals surface area (Å²) >= 11 is 0. The van der Waals surface area contributed by atoms with Crippen molar-refractivity contribution in [1.29, 1.82) is 0 Å². The molecule has 162 valence electrons. The number of amides is 2. The lowest BCUT2D eigenvalue weighted by molar-refractivity contribution is -0.123. The number of benzene rings is 2. The van der Waals surface area contributed by atoms with E-state index in [4.69, 9.17) is 14.5 Å². The average Bonchev–Trinajstić information content (AvgIpc) is 3.19. The number of rotatable bonds is 5. The summed E-state index contributed by atoms with van der Waals surface area (Å²) in [6.45, 7) is 3.93. The van der Waals surface area contributed by atoms with Gasteiger partial charge in [0, 0.05) is 11.8 Å². The molecule has 0 unspecified atom stereocenters. The molecule has 0 spiro atoms.